The van der Waals surface area contributed by atoms with Crippen molar-refractivity contribution in [2.45, 2.75) is 4.90 Å². The second-order valence-corrected chi connectivity index (χ2v) is 5.61. The summed E-state index contributed by atoms with van der Waals surface area (Å²) >= 11 is 5.66. The minimum atomic E-state index is -3.84. The van der Waals surface area contributed by atoms with E-state index in [9.17, 15) is 17.6 Å². The Labute approximate surface area is 115 Å². The molecule has 0 spiro atoms. The zero-order valence-corrected chi connectivity index (χ0v) is 11.4. The van der Waals surface area contributed by atoms with Crippen LogP contribution in [-0.2, 0) is 14.8 Å². The molecule has 1 amide bonds. The minimum Gasteiger partial charge on any atom is -0.351 e. The second-order valence-electron chi connectivity index (χ2n) is 3.47. The second kappa shape index (κ2) is 6.65. The summed E-state index contributed by atoms with van der Waals surface area (Å²) in [5, 5.41) is 2.20. The highest BCUT2D eigenvalue weighted by molar-refractivity contribution is 7.89. The number of nitrogens with one attached hydrogen (secondary N) is 2. The number of benzene rings is 1. The fourth-order valence-electron chi connectivity index (χ4n) is 1.21. The van der Waals surface area contributed by atoms with Gasteiger partial charge in [-0.2, -0.15) is 0 Å². The molecule has 0 aliphatic heterocycles. The van der Waals surface area contributed by atoms with Crippen molar-refractivity contribution in [1.29, 1.82) is 0 Å². The monoisotopic (exact) mass is 306 g/mol. The number of halogens is 2. The molecule has 0 aliphatic carbocycles. The number of amides is 1. The molecule has 1 rings (SSSR count). The molecule has 104 valence electrons. The van der Waals surface area contributed by atoms with Crippen LogP contribution in [0.25, 0.3) is 0 Å². The lowest BCUT2D eigenvalue weighted by Crippen LogP contribution is -2.34. The first kappa shape index (κ1) is 15.6. The van der Waals surface area contributed by atoms with Crippen molar-refractivity contribution in [3.8, 4) is 0 Å². The predicted molar refractivity (Wildman–Crippen MR) is 69.8 cm³/mol. The average Bonchev–Trinajstić information content (AvgIpc) is 2.33. The van der Waals surface area contributed by atoms with Gasteiger partial charge >= 0.3 is 0 Å². The number of hydrogen-bond acceptors (Lipinski definition) is 3. The molecule has 19 heavy (non-hydrogen) atoms. The predicted octanol–water partition coefficient (Wildman–Crippen LogP) is 1.06. The summed E-state index contributed by atoms with van der Waals surface area (Å²) in [5.74, 6) is -1.03. The van der Waals surface area contributed by atoms with Crippen molar-refractivity contribution in [3.05, 3.63) is 41.7 Å². The van der Waals surface area contributed by atoms with Crippen LogP contribution in [0, 0.1) is 5.82 Å². The van der Waals surface area contributed by atoms with Crippen LogP contribution in [-0.4, -0.2) is 27.4 Å². The molecule has 0 fully saturated rings. The molecule has 0 saturated carbocycles. The summed E-state index contributed by atoms with van der Waals surface area (Å²) in [4.78, 5) is 10.6. The van der Waals surface area contributed by atoms with Crippen molar-refractivity contribution in [2.75, 3.05) is 13.1 Å². The maximum absolute atomic E-state index is 12.8. The van der Waals surface area contributed by atoms with Gasteiger partial charge in [-0.05, 0) is 24.3 Å². The summed E-state index contributed by atoms with van der Waals surface area (Å²) in [5.41, 5.74) is 0. The number of carbonyl (C=O) groups is 1. The van der Waals surface area contributed by atoms with Gasteiger partial charge in [0.2, 0.25) is 15.9 Å². The van der Waals surface area contributed by atoms with E-state index in [1.54, 1.807) is 0 Å². The van der Waals surface area contributed by atoms with Crippen LogP contribution >= 0.6 is 11.6 Å². The van der Waals surface area contributed by atoms with Gasteiger partial charge < -0.3 is 5.32 Å². The quantitative estimate of drug-likeness (QED) is 0.609. The summed E-state index contributed by atoms with van der Waals surface area (Å²) in [6.07, 6.45) is 1.07. The maximum Gasteiger partial charge on any atom is 0.243 e. The van der Waals surface area contributed by atoms with Gasteiger partial charge in [0, 0.05) is 13.1 Å². The fourth-order valence-corrected chi connectivity index (χ4v) is 2.78. The number of sulfonamides is 1. The maximum atomic E-state index is 12.8. The topological polar surface area (TPSA) is 75.3 Å². The molecule has 1 aromatic carbocycles. The Hall–Kier alpha value is -1.44. The minimum absolute atomic E-state index is 0.0182. The van der Waals surface area contributed by atoms with Gasteiger partial charge in [-0.3, -0.25) is 4.79 Å². The Morgan fingerprint density at radius 1 is 1.42 bits per heavy atom. The Morgan fingerprint density at radius 2 is 2.11 bits per heavy atom. The Morgan fingerprint density at radius 3 is 2.68 bits per heavy atom. The summed E-state index contributed by atoms with van der Waals surface area (Å²) in [6, 6.07) is 2.98. The molecule has 0 aromatic heterocycles. The van der Waals surface area contributed by atoms with Crippen LogP contribution < -0.4 is 10.0 Å². The van der Waals surface area contributed by atoms with E-state index in [1.165, 1.54) is 0 Å². The third kappa shape index (κ3) is 4.62. The smallest absolute Gasteiger partial charge is 0.243 e. The van der Waals surface area contributed by atoms with Crippen LogP contribution in [0.4, 0.5) is 4.39 Å². The van der Waals surface area contributed by atoms with Crippen molar-refractivity contribution in [2.24, 2.45) is 0 Å². The van der Waals surface area contributed by atoms with Crippen molar-refractivity contribution in [3.63, 3.8) is 0 Å². The first-order valence-electron chi connectivity index (χ1n) is 5.22. The standard InChI is InChI=1S/C11H12ClFN2O3S/c1-2-11(16)14-5-6-15-19(17,18)10-4-3-8(13)7-9(10)12/h2-4,7,15H,1,5-6H2,(H,14,16). The van der Waals surface area contributed by atoms with Gasteiger partial charge in [0.1, 0.15) is 10.7 Å². The molecule has 0 saturated heterocycles. The molecule has 0 heterocycles. The van der Waals surface area contributed by atoms with Crippen LogP contribution in [0.5, 0.6) is 0 Å². The first-order valence-corrected chi connectivity index (χ1v) is 7.08. The molecule has 8 heteroatoms. The molecule has 0 bridgehead atoms. The zero-order valence-electron chi connectivity index (χ0n) is 9.82. The van der Waals surface area contributed by atoms with E-state index in [2.05, 4.69) is 16.6 Å². The van der Waals surface area contributed by atoms with E-state index in [4.69, 9.17) is 11.6 Å². The average molecular weight is 307 g/mol. The molecule has 2 N–H and O–H groups in total. The molecular formula is C11H12ClFN2O3S. The largest absolute Gasteiger partial charge is 0.351 e. The SMILES string of the molecule is C=CC(=O)NCCNS(=O)(=O)c1ccc(F)cc1Cl. The highest BCUT2D eigenvalue weighted by Gasteiger charge is 2.17. The molecule has 0 aliphatic rings. The van der Waals surface area contributed by atoms with E-state index >= 15 is 0 Å². The molecular weight excluding hydrogens is 295 g/mol. The normalized spacial score (nSPS) is 11.1. The van der Waals surface area contributed by atoms with Gasteiger partial charge in [0.15, 0.2) is 0 Å². The Bertz CT molecular complexity index is 590. The highest BCUT2D eigenvalue weighted by atomic mass is 35.5. The van der Waals surface area contributed by atoms with E-state index in [1.807, 2.05) is 0 Å². The number of rotatable bonds is 6. The summed E-state index contributed by atoms with van der Waals surface area (Å²) in [7, 11) is -3.84. The lowest BCUT2D eigenvalue weighted by molar-refractivity contribution is -0.116. The van der Waals surface area contributed by atoms with Gasteiger partial charge in [-0.15, -0.1) is 0 Å². The Balaban J connectivity index is 2.66. The fraction of sp³-hybridized carbons (Fsp3) is 0.182. The van der Waals surface area contributed by atoms with Crippen LogP contribution in [0.3, 0.4) is 0 Å². The first-order chi connectivity index (χ1) is 8.86. The van der Waals surface area contributed by atoms with Gasteiger partial charge in [-0.1, -0.05) is 18.2 Å². The lowest BCUT2D eigenvalue weighted by Gasteiger charge is -2.08. The van der Waals surface area contributed by atoms with Gasteiger partial charge in [-0.25, -0.2) is 17.5 Å². The van der Waals surface area contributed by atoms with Gasteiger partial charge in [0.25, 0.3) is 0 Å². The third-order valence-corrected chi connectivity index (χ3v) is 4.03. The molecule has 0 unspecified atom stereocenters. The third-order valence-electron chi connectivity index (χ3n) is 2.09. The summed E-state index contributed by atoms with van der Waals surface area (Å²) in [6.45, 7) is 3.33. The van der Waals surface area contributed by atoms with E-state index < -0.39 is 21.7 Å². The van der Waals surface area contributed by atoms with Gasteiger partial charge in [0.05, 0.1) is 5.02 Å². The number of carbonyl (C=O) groups excluding carboxylic acids is 1. The molecule has 0 radical (unpaired) electrons. The Kier molecular flexibility index (Phi) is 5.46. The number of hydrogen-bond donors (Lipinski definition) is 2. The van der Waals surface area contributed by atoms with Crippen LogP contribution in [0.15, 0.2) is 35.7 Å². The van der Waals surface area contributed by atoms with E-state index in [0.29, 0.717) is 0 Å². The van der Waals surface area contributed by atoms with Crippen LogP contribution in [0.2, 0.25) is 5.02 Å². The van der Waals surface area contributed by atoms with Crippen molar-refractivity contribution < 1.29 is 17.6 Å². The zero-order chi connectivity index (χ0) is 14.5. The molecule has 1 aromatic rings. The molecule has 0 atom stereocenters. The highest BCUT2D eigenvalue weighted by Crippen LogP contribution is 2.21. The van der Waals surface area contributed by atoms with E-state index in [0.717, 1.165) is 24.3 Å². The van der Waals surface area contributed by atoms with E-state index in [-0.39, 0.29) is 23.0 Å². The van der Waals surface area contributed by atoms with Crippen LogP contribution in [0.1, 0.15) is 0 Å². The lowest BCUT2D eigenvalue weighted by atomic mass is 10.3. The molecule has 5 nitrogen and oxygen atoms in total. The summed E-state index contributed by atoms with van der Waals surface area (Å²) < 4.78 is 38.7. The van der Waals surface area contributed by atoms with Crippen molar-refractivity contribution >= 4 is 27.5 Å². The van der Waals surface area contributed by atoms with Crippen molar-refractivity contribution in [1.82, 2.24) is 10.0 Å².